The van der Waals surface area contributed by atoms with Crippen molar-refractivity contribution in [2.45, 2.75) is 26.3 Å². The molecule has 3 N–H and O–H groups in total. The molecule has 128 valence electrons. The zero-order valence-electron chi connectivity index (χ0n) is 13.4. The third-order valence-corrected chi connectivity index (χ3v) is 3.87. The van der Waals surface area contributed by atoms with Crippen LogP contribution in [0.25, 0.3) is 5.82 Å². The summed E-state index contributed by atoms with van der Waals surface area (Å²) in [6, 6.07) is 3.42. The molecule has 2 aromatic rings. The number of nitrogens with one attached hydrogen (secondary N) is 1. The minimum Gasteiger partial charge on any atom is -0.345 e. The molecule has 0 bridgehead atoms. The van der Waals surface area contributed by atoms with Crippen molar-refractivity contribution < 1.29 is 4.79 Å². The molecule has 6 nitrogen and oxygen atoms in total. The Kier molecular flexibility index (Phi) is 8.23. The first-order valence-electron chi connectivity index (χ1n) is 6.93. The predicted molar refractivity (Wildman–Crippen MR) is 95.6 cm³/mol. The van der Waals surface area contributed by atoms with E-state index in [2.05, 4.69) is 15.3 Å². The Balaban J connectivity index is 0.00000242. The van der Waals surface area contributed by atoms with E-state index < -0.39 is 5.54 Å². The van der Waals surface area contributed by atoms with Crippen LogP contribution in [0.4, 0.5) is 0 Å². The van der Waals surface area contributed by atoms with E-state index in [1.165, 1.54) is 0 Å². The molecule has 1 atom stereocenters. The number of imidazole rings is 1. The zero-order valence-corrected chi connectivity index (χ0v) is 15.0. The lowest BCUT2D eigenvalue weighted by atomic mass is 9.88. The number of rotatable bonds is 5. The second-order valence-corrected chi connectivity index (χ2v) is 5.60. The van der Waals surface area contributed by atoms with Gasteiger partial charge in [0.2, 0.25) is 0 Å². The van der Waals surface area contributed by atoms with Crippen molar-refractivity contribution in [1.29, 1.82) is 0 Å². The fourth-order valence-electron chi connectivity index (χ4n) is 1.86. The summed E-state index contributed by atoms with van der Waals surface area (Å²) < 4.78 is 1.75. The van der Waals surface area contributed by atoms with E-state index in [4.69, 9.17) is 5.73 Å². The van der Waals surface area contributed by atoms with Crippen LogP contribution in [0.5, 0.6) is 0 Å². The van der Waals surface area contributed by atoms with Gasteiger partial charge < -0.3 is 11.1 Å². The van der Waals surface area contributed by atoms with Gasteiger partial charge in [-0.25, -0.2) is 9.97 Å². The van der Waals surface area contributed by atoms with E-state index in [-0.39, 0.29) is 36.6 Å². The SMILES string of the molecule is CC(C)C(C)(CN)NC(=O)c1ccnc(-n2ccnc2)c1.Cl.Cl. The van der Waals surface area contributed by atoms with Gasteiger partial charge in [-0.3, -0.25) is 9.36 Å². The maximum absolute atomic E-state index is 12.4. The average molecular weight is 360 g/mol. The number of nitrogens with two attached hydrogens (primary N) is 1. The lowest BCUT2D eigenvalue weighted by Gasteiger charge is -2.33. The lowest BCUT2D eigenvalue weighted by Crippen LogP contribution is -2.55. The number of halogens is 2. The quantitative estimate of drug-likeness (QED) is 0.856. The number of pyridine rings is 1. The van der Waals surface area contributed by atoms with Crippen molar-refractivity contribution in [3.05, 3.63) is 42.6 Å². The lowest BCUT2D eigenvalue weighted by molar-refractivity contribution is 0.0883. The molecule has 0 radical (unpaired) electrons. The number of hydrogen-bond acceptors (Lipinski definition) is 4. The molecule has 1 amide bonds. The van der Waals surface area contributed by atoms with Gasteiger partial charge in [0.05, 0.1) is 5.54 Å². The van der Waals surface area contributed by atoms with Gasteiger partial charge in [-0.2, -0.15) is 0 Å². The van der Waals surface area contributed by atoms with E-state index in [9.17, 15) is 4.79 Å². The molecule has 0 fully saturated rings. The Morgan fingerprint density at radius 2 is 2.09 bits per heavy atom. The molecule has 0 saturated heterocycles. The molecule has 8 heteroatoms. The second-order valence-electron chi connectivity index (χ2n) is 5.60. The molecular formula is C15H23Cl2N5O. The molecule has 0 saturated carbocycles. The third kappa shape index (κ3) is 4.92. The molecular weight excluding hydrogens is 337 g/mol. The van der Waals surface area contributed by atoms with Gasteiger partial charge in [-0.1, -0.05) is 13.8 Å². The van der Waals surface area contributed by atoms with Crippen LogP contribution in [0, 0.1) is 5.92 Å². The molecule has 2 rings (SSSR count). The van der Waals surface area contributed by atoms with Crippen LogP contribution >= 0.6 is 24.8 Å². The minimum absolute atomic E-state index is 0. The summed E-state index contributed by atoms with van der Waals surface area (Å²) in [6.07, 6.45) is 6.70. The summed E-state index contributed by atoms with van der Waals surface area (Å²) in [5.41, 5.74) is 5.92. The van der Waals surface area contributed by atoms with Crippen LogP contribution in [-0.4, -0.2) is 32.5 Å². The van der Waals surface area contributed by atoms with Gasteiger partial charge in [0, 0.05) is 30.7 Å². The molecule has 0 aliphatic carbocycles. The van der Waals surface area contributed by atoms with Crippen molar-refractivity contribution in [2.24, 2.45) is 11.7 Å². The molecule has 1 unspecified atom stereocenters. The first kappa shape index (κ1) is 21.4. The standard InChI is InChI=1S/C15H21N5O.2ClH/c1-11(2)15(3,9-16)19-14(21)12-4-5-18-13(8-12)20-7-6-17-10-20;;/h4-8,10-11H,9,16H2,1-3H3,(H,19,21);2*1H. The number of amides is 1. The van der Waals surface area contributed by atoms with Gasteiger partial charge in [0.1, 0.15) is 12.1 Å². The first-order chi connectivity index (χ1) is 9.96. The smallest absolute Gasteiger partial charge is 0.251 e. The topological polar surface area (TPSA) is 85.8 Å². The van der Waals surface area contributed by atoms with Gasteiger partial charge in [0.25, 0.3) is 5.91 Å². The number of nitrogens with zero attached hydrogens (tertiary/aromatic N) is 3. The van der Waals surface area contributed by atoms with Crippen LogP contribution in [-0.2, 0) is 0 Å². The van der Waals surface area contributed by atoms with E-state index in [0.29, 0.717) is 17.9 Å². The normalized spacial score (nSPS) is 12.7. The van der Waals surface area contributed by atoms with Crippen LogP contribution in [0.1, 0.15) is 31.1 Å². The number of hydrogen-bond donors (Lipinski definition) is 2. The number of aromatic nitrogens is 3. The molecule has 0 spiro atoms. The van der Waals surface area contributed by atoms with Gasteiger partial charge in [0.15, 0.2) is 0 Å². The number of carbonyl (C=O) groups is 1. The highest BCUT2D eigenvalue weighted by atomic mass is 35.5. The fraction of sp³-hybridized carbons (Fsp3) is 0.400. The van der Waals surface area contributed by atoms with Crippen LogP contribution < -0.4 is 11.1 Å². The zero-order chi connectivity index (χ0) is 15.5. The summed E-state index contributed by atoms with van der Waals surface area (Å²) in [7, 11) is 0. The van der Waals surface area contributed by atoms with Gasteiger partial charge in [-0.05, 0) is 25.0 Å². The van der Waals surface area contributed by atoms with Gasteiger partial charge >= 0.3 is 0 Å². The van der Waals surface area contributed by atoms with Crippen molar-refractivity contribution in [3.63, 3.8) is 0 Å². The molecule has 0 aromatic carbocycles. The molecule has 23 heavy (non-hydrogen) atoms. The Labute approximate surface area is 148 Å². The average Bonchev–Trinajstić information content (AvgIpc) is 3.01. The van der Waals surface area contributed by atoms with Crippen LogP contribution in [0.15, 0.2) is 37.1 Å². The molecule has 2 aromatic heterocycles. The van der Waals surface area contributed by atoms with E-state index >= 15 is 0 Å². The highest BCUT2D eigenvalue weighted by molar-refractivity contribution is 5.95. The molecule has 0 aliphatic rings. The minimum atomic E-state index is -0.435. The van der Waals surface area contributed by atoms with Crippen LogP contribution in [0.2, 0.25) is 0 Å². The van der Waals surface area contributed by atoms with Crippen molar-refractivity contribution in [1.82, 2.24) is 19.9 Å². The summed E-state index contributed by atoms with van der Waals surface area (Å²) in [6.45, 7) is 6.41. The monoisotopic (exact) mass is 359 g/mol. The predicted octanol–water partition coefficient (Wildman–Crippen LogP) is 2.21. The van der Waals surface area contributed by atoms with Crippen molar-refractivity contribution >= 4 is 30.7 Å². The summed E-state index contributed by atoms with van der Waals surface area (Å²) in [5, 5.41) is 3.01. The highest BCUT2D eigenvalue weighted by Crippen LogP contribution is 2.16. The molecule has 2 heterocycles. The Morgan fingerprint density at radius 3 is 2.61 bits per heavy atom. The summed E-state index contributed by atoms with van der Waals surface area (Å²) in [5.74, 6) is 0.737. The highest BCUT2D eigenvalue weighted by Gasteiger charge is 2.29. The summed E-state index contributed by atoms with van der Waals surface area (Å²) in [4.78, 5) is 20.6. The maximum atomic E-state index is 12.4. The van der Waals surface area contributed by atoms with Gasteiger partial charge in [-0.15, -0.1) is 24.8 Å². The first-order valence-corrected chi connectivity index (χ1v) is 6.93. The van der Waals surface area contributed by atoms with E-state index in [1.54, 1.807) is 41.6 Å². The van der Waals surface area contributed by atoms with E-state index in [0.717, 1.165) is 0 Å². The van der Waals surface area contributed by atoms with Crippen molar-refractivity contribution in [3.8, 4) is 5.82 Å². The van der Waals surface area contributed by atoms with Crippen LogP contribution in [0.3, 0.4) is 0 Å². The summed E-state index contributed by atoms with van der Waals surface area (Å²) >= 11 is 0. The maximum Gasteiger partial charge on any atom is 0.251 e. The van der Waals surface area contributed by atoms with Crippen molar-refractivity contribution in [2.75, 3.05) is 6.54 Å². The second kappa shape index (κ2) is 8.86. The number of carbonyl (C=O) groups excluding carboxylic acids is 1. The molecule has 0 aliphatic heterocycles. The Hall–Kier alpha value is -1.63. The van der Waals surface area contributed by atoms with E-state index in [1.807, 2.05) is 20.8 Å². The largest absolute Gasteiger partial charge is 0.345 e. The third-order valence-electron chi connectivity index (χ3n) is 3.87. The fourth-order valence-corrected chi connectivity index (χ4v) is 1.86. The Morgan fingerprint density at radius 1 is 1.39 bits per heavy atom. The Bertz CT molecular complexity index is 618.